The first-order valence-electron chi connectivity index (χ1n) is 16.1. The van der Waals surface area contributed by atoms with Crippen molar-refractivity contribution in [1.29, 1.82) is 0 Å². The molecule has 2 amide bonds. The van der Waals surface area contributed by atoms with Crippen LogP contribution in [0.5, 0.6) is 0 Å². The summed E-state index contributed by atoms with van der Waals surface area (Å²) in [6.45, 7) is 13.8. The molecule has 1 N–H and O–H groups in total. The Bertz CT molecular complexity index is 1500. The summed E-state index contributed by atoms with van der Waals surface area (Å²) < 4.78 is 21.9. The van der Waals surface area contributed by atoms with Crippen LogP contribution >= 0.6 is 0 Å². The molecule has 0 radical (unpaired) electrons. The zero-order chi connectivity index (χ0) is 31.8. The predicted molar refractivity (Wildman–Crippen MR) is 172 cm³/mol. The minimum absolute atomic E-state index is 0.0129. The Balaban J connectivity index is 1.31. The van der Waals surface area contributed by atoms with Gasteiger partial charge < -0.3 is 24.4 Å². The molecule has 1 aliphatic carbocycles. The van der Waals surface area contributed by atoms with E-state index in [0.717, 1.165) is 68.1 Å². The second-order valence-corrected chi connectivity index (χ2v) is 14.1. The van der Waals surface area contributed by atoms with Crippen molar-refractivity contribution < 1.29 is 18.7 Å². The minimum Gasteiger partial charge on any atom is -0.444 e. The summed E-state index contributed by atoms with van der Waals surface area (Å²) >= 11 is 0. The van der Waals surface area contributed by atoms with Crippen LogP contribution < -0.4 is 5.32 Å². The molecule has 8 nitrogen and oxygen atoms in total. The van der Waals surface area contributed by atoms with Crippen molar-refractivity contribution in [1.82, 2.24) is 24.7 Å². The number of pyridine rings is 1. The zero-order valence-electron chi connectivity index (χ0n) is 27.3. The van der Waals surface area contributed by atoms with Crippen molar-refractivity contribution in [2.24, 2.45) is 5.92 Å². The number of rotatable bonds is 7. The molecule has 5 rings (SSSR count). The number of alkyl carbamates (subject to hydrolysis) is 1. The highest BCUT2D eigenvalue weighted by Gasteiger charge is 2.33. The van der Waals surface area contributed by atoms with Crippen LogP contribution in [0.3, 0.4) is 0 Å². The van der Waals surface area contributed by atoms with E-state index in [2.05, 4.69) is 28.3 Å². The zero-order valence-corrected chi connectivity index (χ0v) is 27.3. The lowest BCUT2D eigenvalue weighted by molar-refractivity contribution is 0.0479. The molecule has 1 aliphatic heterocycles. The average Bonchev–Trinajstić information content (AvgIpc) is 3.57. The summed E-state index contributed by atoms with van der Waals surface area (Å²) in [4.78, 5) is 34.4. The van der Waals surface area contributed by atoms with Crippen LogP contribution in [0.25, 0.3) is 16.6 Å². The van der Waals surface area contributed by atoms with Gasteiger partial charge in [0.05, 0.1) is 23.0 Å². The van der Waals surface area contributed by atoms with E-state index in [-0.39, 0.29) is 24.1 Å². The first-order valence-corrected chi connectivity index (χ1v) is 16.1. The van der Waals surface area contributed by atoms with Crippen molar-refractivity contribution in [3.05, 3.63) is 59.3 Å². The molecule has 0 spiro atoms. The summed E-state index contributed by atoms with van der Waals surface area (Å²) in [5, 5.41) is 4.22. The maximum Gasteiger partial charge on any atom is 0.407 e. The van der Waals surface area contributed by atoms with Crippen LogP contribution in [0, 0.1) is 18.7 Å². The number of aromatic nitrogens is 2. The van der Waals surface area contributed by atoms with Crippen LogP contribution in [0.15, 0.2) is 36.8 Å². The second kappa shape index (κ2) is 12.9. The van der Waals surface area contributed by atoms with Crippen LogP contribution in [0.4, 0.5) is 9.18 Å². The van der Waals surface area contributed by atoms with E-state index in [1.807, 2.05) is 51.6 Å². The molecule has 9 heteroatoms. The summed E-state index contributed by atoms with van der Waals surface area (Å²) in [7, 11) is 1.75. The third-order valence-corrected chi connectivity index (χ3v) is 9.28. The summed E-state index contributed by atoms with van der Waals surface area (Å²) in [5.74, 6) is -0.123. The number of ether oxygens (including phenoxy) is 1. The number of likely N-dealkylation sites (tertiary alicyclic amines) is 1. The molecular formula is C35H48FN5O3. The normalized spacial score (nSPS) is 21.2. The molecule has 238 valence electrons. The number of hydrogen-bond donors (Lipinski definition) is 1. The molecule has 44 heavy (non-hydrogen) atoms. The van der Waals surface area contributed by atoms with Crippen molar-refractivity contribution in [2.75, 3.05) is 20.1 Å². The molecule has 0 bridgehead atoms. The van der Waals surface area contributed by atoms with Crippen LogP contribution in [0.2, 0.25) is 0 Å². The Morgan fingerprint density at radius 3 is 2.55 bits per heavy atom. The van der Waals surface area contributed by atoms with E-state index in [0.29, 0.717) is 23.2 Å². The predicted octanol–water partition coefficient (Wildman–Crippen LogP) is 6.65. The molecule has 1 saturated carbocycles. The van der Waals surface area contributed by atoms with Gasteiger partial charge in [-0.25, -0.2) is 9.18 Å². The molecule has 3 aromatic rings. The highest BCUT2D eigenvalue weighted by molar-refractivity contribution is 5.99. The maximum absolute atomic E-state index is 14.4. The van der Waals surface area contributed by atoms with Gasteiger partial charge in [-0.2, -0.15) is 0 Å². The summed E-state index contributed by atoms with van der Waals surface area (Å²) in [6.07, 6.45) is 11.7. The molecule has 1 aromatic carbocycles. The van der Waals surface area contributed by atoms with Crippen LogP contribution in [-0.4, -0.2) is 75.2 Å². The number of amides is 2. The fourth-order valence-corrected chi connectivity index (χ4v) is 6.84. The van der Waals surface area contributed by atoms with Gasteiger partial charge in [0.25, 0.3) is 5.91 Å². The Kier molecular flexibility index (Phi) is 9.35. The van der Waals surface area contributed by atoms with Gasteiger partial charge in [0, 0.05) is 49.5 Å². The molecule has 2 aliphatic rings. The largest absolute Gasteiger partial charge is 0.444 e. The minimum atomic E-state index is -0.490. The monoisotopic (exact) mass is 605 g/mol. The second-order valence-electron chi connectivity index (χ2n) is 14.1. The number of benzene rings is 1. The number of hydrogen-bond acceptors (Lipinski definition) is 5. The van der Waals surface area contributed by atoms with Crippen molar-refractivity contribution >= 4 is 22.9 Å². The Morgan fingerprint density at radius 2 is 1.86 bits per heavy atom. The highest BCUT2D eigenvalue weighted by atomic mass is 19.1. The number of carbonyl (C=O) groups is 2. The lowest BCUT2D eigenvalue weighted by Crippen LogP contribution is -2.44. The maximum atomic E-state index is 14.4. The number of aryl methyl sites for hydroxylation is 1. The van der Waals surface area contributed by atoms with E-state index in [4.69, 9.17) is 4.74 Å². The Labute approximate surface area is 260 Å². The molecule has 1 atom stereocenters. The quantitative estimate of drug-likeness (QED) is 0.326. The van der Waals surface area contributed by atoms with E-state index in [9.17, 15) is 14.0 Å². The third kappa shape index (κ3) is 7.09. The molecule has 2 aromatic heterocycles. The van der Waals surface area contributed by atoms with Gasteiger partial charge in [-0.15, -0.1) is 0 Å². The summed E-state index contributed by atoms with van der Waals surface area (Å²) in [5.41, 5.74) is 3.77. The third-order valence-electron chi connectivity index (χ3n) is 9.28. The standard InChI is InChI=1S/C35H48FN5O3/c1-22(2)39(7)33(42)29-17-26(36)8-13-30(29)41-21-25(32-23(3)18-37-19-31(32)41)16-24-14-15-40(20-24)28-11-9-27(10-12-28)38-34(43)44-35(4,5)6/h8,13,17-19,21-22,24,27-28H,9-12,14-16,20H2,1-7H3,(H,38,43)/t24-,27?,28?/m1/s1. The van der Waals surface area contributed by atoms with Crippen molar-refractivity contribution in [3.8, 4) is 5.69 Å². The van der Waals surface area contributed by atoms with Gasteiger partial charge >= 0.3 is 6.09 Å². The lowest BCUT2D eigenvalue weighted by atomic mass is 9.90. The lowest BCUT2D eigenvalue weighted by Gasteiger charge is -2.35. The first kappa shape index (κ1) is 31.9. The van der Waals surface area contributed by atoms with Gasteiger partial charge in [-0.3, -0.25) is 9.78 Å². The fraction of sp³-hybridized carbons (Fsp3) is 0.571. The Hall–Kier alpha value is -3.46. The van der Waals surface area contributed by atoms with E-state index >= 15 is 0 Å². The van der Waals surface area contributed by atoms with Gasteiger partial charge in [0.15, 0.2) is 0 Å². The van der Waals surface area contributed by atoms with Crippen LogP contribution in [-0.2, 0) is 11.2 Å². The smallest absolute Gasteiger partial charge is 0.407 e. The van der Waals surface area contributed by atoms with Gasteiger partial charge in [0.2, 0.25) is 0 Å². The number of nitrogens with zero attached hydrogens (tertiary/aromatic N) is 4. The van der Waals surface area contributed by atoms with Crippen molar-refractivity contribution in [2.45, 2.75) is 104 Å². The van der Waals surface area contributed by atoms with E-state index < -0.39 is 11.4 Å². The number of fused-ring (bicyclic) bond motifs is 1. The SMILES string of the molecule is Cc1cncc2c1c(C[C@H]1CCN(C3CCC(NC(=O)OC(C)(C)C)CC3)C1)cn2-c1ccc(F)cc1C(=O)N(C)C(C)C. The van der Waals surface area contributed by atoms with Gasteiger partial charge in [0.1, 0.15) is 11.4 Å². The number of nitrogens with one attached hydrogen (secondary N) is 1. The number of carbonyl (C=O) groups excluding carboxylic acids is 2. The first-order chi connectivity index (χ1) is 20.8. The fourth-order valence-electron chi connectivity index (χ4n) is 6.84. The van der Waals surface area contributed by atoms with Crippen molar-refractivity contribution in [3.63, 3.8) is 0 Å². The molecule has 0 unspecified atom stereocenters. The van der Waals surface area contributed by atoms with Gasteiger partial charge in [-0.1, -0.05) is 0 Å². The average molecular weight is 606 g/mol. The number of halogens is 1. The van der Waals surface area contributed by atoms with Crippen LogP contribution in [0.1, 0.15) is 88.2 Å². The molecule has 3 heterocycles. The van der Waals surface area contributed by atoms with Gasteiger partial charge in [-0.05, 0) is 122 Å². The highest BCUT2D eigenvalue weighted by Crippen LogP contribution is 2.34. The molecule has 1 saturated heterocycles. The molecular weight excluding hydrogens is 557 g/mol. The Morgan fingerprint density at radius 1 is 1.14 bits per heavy atom. The van der Waals surface area contributed by atoms with E-state index in [1.54, 1.807) is 18.0 Å². The topological polar surface area (TPSA) is 79.7 Å². The van der Waals surface area contributed by atoms with E-state index in [1.165, 1.54) is 17.7 Å². The summed E-state index contributed by atoms with van der Waals surface area (Å²) in [6, 6.07) is 5.16. The molecule has 2 fully saturated rings.